The van der Waals surface area contributed by atoms with Crippen LogP contribution in [0, 0.1) is 6.92 Å². The van der Waals surface area contributed by atoms with Crippen molar-refractivity contribution in [2.24, 2.45) is 0 Å². The Morgan fingerprint density at radius 2 is 1.91 bits per heavy atom. The van der Waals surface area contributed by atoms with Crippen molar-refractivity contribution in [3.8, 4) is 5.75 Å². The first-order valence-corrected chi connectivity index (χ1v) is 7.91. The summed E-state index contributed by atoms with van der Waals surface area (Å²) in [6, 6.07) is 13.4. The predicted molar refractivity (Wildman–Crippen MR) is 89.7 cm³/mol. The Bertz CT molecular complexity index is 635. The van der Waals surface area contributed by atoms with Crippen LogP contribution in [0.4, 0.5) is 10.5 Å². The lowest BCUT2D eigenvalue weighted by molar-refractivity contribution is 0.115. The molecule has 0 saturated carbocycles. The van der Waals surface area contributed by atoms with Gasteiger partial charge in [-0.1, -0.05) is 18.2 Å². The van der Waals surface area contributed by atoms with Crippen molar-refractivity contribution in [3.05, 3.63) is 54.4 Å². The Morgan fingerprint density at radius 3 is 2.57 bits per heavy atom. The summed E-state index contributed by atoms with van der Waals surface area (Å²) in [5.41, 5.74) is 1.80. The predicted octanol–water partition coefficient (Wildman–Crippen LogP) is 3.47. The number of nitrogens with zero attached hydrogens (tertiary/aromatic N) is 2. The van der Waals surface area contributed by atoms with Crippen LogP contribution in [0.5, 0.6) is 5.75 Å². The SMILES string of the molecule is Cc1ccc(OC2CCN(C(=O)Nc3ccccc3)CC2)cn1. The third kappa shape index (κ3) is 4.22. The quantitative estimate of drug-likeness (QED) is 0.944. The van der Waals surface area contributed by atoms with Gasteiger partial charge in [0.25, 0.3) is 0 Å². The molecule has 0 spiro atoms. The molecule has 2 amide bonds. The van der Waals surface area contributed by atoms with Crippen LogP contribution in [0.15, 0.2) is 48.7 Å². The Balaban J connectivity index is 1.48. The molecule has 0 atom stereocenters. The van der Waals surface area contributed by atoms with Crippen molar-refractivity contribution in [2.75, 3.05) is 18.4 Å². The number of hydrogen-bond donors (Lipinski definition) is 1. The number of benzene rings is 1. The van der Waals surface area contributed by atoms with Crippen LogP contribution in [-0.2, 0) is 0 Å². The summed E-state index contributed by atoms with van der Waals surface area (Å²) in [6.07, 6.45) is 3.55. The van der Waals surface area contributed by atoms with Gasteiger partial charge in [0.15, 0.2) is 0 Å². The Kier molecular flexibility index (Phi) is 4.76. The molecule has 0 aliphatic carbocycles. The molecule has 5 heteroatoms. The van der Waals surface area contributed by atoms with Crippen molar-refractivity contribution in [1.82, 2.24) is 9.88 Å². The van der Waals surface area contributed by atoms with E-state index in [0.29, 0.717) is 13.1 Å². The van der Waals surface area contributed by atoms with Crippen LogP contribution in [0.3, 0.4) is 0 Å². The van der Waals surface area contributed by atoms with Crippen LogP contribution >= 0.6 is 0 Å². The number of piperidine rings is 1. The molecule has 1 aromatic carbocycles. The number of nitrogens with one attached hydrogen (secondary N) is 1. The molecule has 0 radical (unpaired) electrons. The van der Waals surface area contributed by atoms with E-state index in [4.69, 9.17) is 4.74 Å². The van der Waals surface area contributed by atoms with Crippen LogP contribution < -0.4 is 10.1 Å². The van der Waals surface area contributed by atoms with Crippen molar-refractivity contribution < 1.29 is 9.53 Å². The minimum absolute atomic E-state index is 0.0494. The van der Waals surface area contributed by atoms with Crippen LogP contribution in [-0.4, -0.2) is 35.1 Å². The number of amides is 2. The molecule has 23 heavy (non-hydrogen) atoms. The van der Waals surface area contributed by atoms with Gasteiger partial charge in [-0.05, 0) is 31.2 Å². The van der Waals surface area contributed by atoms with Gasteiger partial charge in [0.2, 0.25) is 0 Å². The van der Waals surface area contributed by atoms with Gasteiger partial charge >= 0.3 is 6.03 Å². The van der Waals surface area contributed by atoms with Gasteiger partial charge in [0.05, 0.1) is 6.20 Å². The van der Waals surface area contributed by atoms with Gasteiger partial charge in [0, 0.05) is 37.3 Å². The minimum atomic E-state index is -0.0494. The molecular weight excluding hydrogens is 290 g/mol. The molecule has 1 aliphatic rings. The number of aromatic nitrogens is 1. The molecule has 1 fully saturated rings. The van der Waals surface area contributed by atoms with E-state index in [1.54, 1.807) is 6.20 Å². The number of aryl methyl sites for hydroxylation is 1. The number of anilines is 1. The number of carbonyl (C=O) groups is 1. The van der Waals surface area contributed by atoms with E-state index in [9.17, 15) is 4.79 Å². The summed E-state index contributed by atoms with van der Waals surface area (Å²) in [6.45, 7) is 3.35. The van der Waals surface area contributed by atoms with E-state index in [0.717, 1.165) is 30.0 Å². The van der Waals surface area contributed by atoms with E-state index < -0.39 is 0 Å². The van der Waals surface area contributed by atoms with Crippen molar-refractivity contribution in [1.29, 1.82) is 0 Å². The van der Waals surface area contributed by atoms with Gasteiger partial charge in [-0.25, -0.2) is 4.79 Å². The zero-order valence-corrected chi connectivity index (χ0v) is 13.2. The number of para-hydroxylation sites is 1. The number of urea groups is 1. The highest BCUT2D eigenvalue weighted by atomic mass is 16.5. The lowest BCUT2D eigenvalue weighted by Gasteiger charge is -2.32. The zero-order chi connectivity index (χ0) is 16.1. The zero-order valence-electron chi connectivity index (χ0n) is 13.2. The second-order valence-electron chi connectivity index (χ2n) is 5.74. The van der Waals surface area contributed by atoms with Gasteiger partial charge in [-0.15, -0.1) is 0 Å². The Morgan fingerprint density at radius 1 is 1.17 bits per heavy atom. The van der Waals surface area contributed by atoms with Gasteiger partial charge in [0.1, 0.15) is 11.9 Å². The van der Waals surface area contributed by atoms with Gasteiger partial charge in [-0.3, -0.25) is 4.98 Å². The molecule has 1 saturated heterocycles. The summed E-state index contributed by atoms with van der Waals surface area (Å²) < 4.78 is 5.94. The maximum Gasteiger partial charge on any atom is 0.321 e. The number of likely N-dealkylation sites (tertiary alicyclic amines) is 1. The third-order valence-electron chi connectivity index (χ3n) is 3.94. The fourth-order valence-corrected chi connectivity index (χ4v) is 2.62. The average Bonchev–Trinajstić information content (AvgIpc) is 2.58. The Hall–Kier alpha value is -2.56. The molecular formula is C18H21N3O2. The fourth-order valence-electron chi connectivity index (χ4n) is 2.62. The van der Waals surface area contributed by atoms with Crippen molar-refractivity contribution in [3.63, 3.8) is 0 Å². The van der Waals surface area contributed by atoms with E-state index >= 15 is 0 Å². The van der Waals surface area contributed by atoms with Crippen LogP contribution in [0.25, 0.3) is 0 Å². The normalized spacial score (nSPS) is 15.3. The third-order valence-corrected chi connectivity index (χ3v) is 3.94. The lowest BCUT2D eigenvalue weighted by atomic mass is 10.1. The van der Waals surface area contributed by atoms with Gasteiger partial charge in [-0.2, -0.15) is 0 Å². The lowest BCUT2D eigenvalue weighted by Crippen LogP contribution is -2.43. The summed E-state index contributed by atoms with van der Waals surface area (Å²) in [5.74, 6) is 0.794. The first kappa shape index (κ1) is 15.3. The standard InChI is InChI=1S/C18H21N3O2/c1-14-7-8-17(13-19-14)23-16-9-11-21(12-10-16)18(22)20-15-5-3-2-4-6-15/h2-8,13,16H,9-12H2,1H3,(H,20,22). The average molecular weight is 311 g/mol. The highest BCUT2D eigenvalue weighted by Crippen LogP contribution is 2.19. The summed E-state index contributed by atoms with van der Waals surface area (Å²) in [7, 11) is 0. The molecule has 5 nitrogen and oxygen atoms in total. The Labute approximate surface area is 136 Å². The number of carbonyl (C=O) groups excluding carboxylic acids is 1. The second kappa shape index (κ2) is 7.13. The fraction of sp³-hybridized carbons (Fsp3) is 0.333. The van der Waals surface area contributed by atoms with Crippen LogP contribution in [0.2, 0.25) is 0 Å². The van der Waals surface area contributed by atoms with Crippen molar-refractivity contribution >= 4 is 11.7 Å². The molecule has 1 N–H and O–H groups in total. The number of pyridine rings is 1. The first-order chi connectivity index (χ1) is 11.2. The maximum atomic E-state index is 12.2. The van der Waals surface area contributed by atoms with E-state index in [1.807, 2.05) is 54.3 Å². The highest BCUT2D eigenvalue weighted by molar-refractivity contribution is 5.89. The number of rotatable bonds is 3. The maximum absolute atomic E-state index is 12.2. The first-order valence-electron chi connectivity index (χ1n) is 7.91. The summed E-state index contributed by atoms with van der Waals surface area (Å²) >= 11 is 0. The summed E-state index contributed by atoms with van der Waals surface area (Å²) in [4.78, 5) is 18.3. The van der Waals surface area contributed by atoms with E-state index in [1.165, 1.54) is 0 Å². The molecule has 0 unspecified atom stereocenters. The number of hydrogen-bond acceptors (Lipinski definition) is 3. The summed E-state index contributed by atoms with van der Waals surface area (Å²) in [5, 5.41) is 2.92. The minimum Gasteiger partial charge on any atom is -0.489 e. The number of ether oxygens (including phenoxy) is 1. The monoisotopic (exact) mass is 311 g/mol. The van der Waals surface area contributed by atoms with Crippen LogP contribution in [0.1, 0.15) is 18.5 Å². The highest BCUT2D eigenvalue weighted by Gasteiger charge is 2.24. The molecule has 1 aliphatic heterocycles. The van der Waals surface area contributed by atoms with E-state index in [2.05, 4.69) is 10.3 Å². The molecule has 0 bridgehead atoms. The van der Waals surface area contributed by atoms with Gasteiger partial charge < -0.3 is 15.0 Å². The molecule has 2 aromatic rings. The molecule has 120 valence electrons. The second-order valence-corrected chi connectivity index (χ2v) is 5.74. The topological polar surface area (TPSA) is 54.5 Å². The van der Waals surface area contributed by atoms with Crippen molar-refractivity contribution in [2.45, 2.75) is 25.9 Å². The molecule has 2 heterocycles. The smallest absolute Gasteiger partial charge is 0.321 e. The largest absolute Gasteiger partial charge is 0.489 e. The molecule has 3 rings (SSSR count). The van der Waals surface area contributed by atoms with E-state index in [-0.39, 0.29) is 12.1 Å². The molecule has 1 aromatic heterocycles.